The molecule has 0 heterocycles. The zero-order valence-corrected chi connectivity index (χ0v) is 37.2. The van der Waals surface area contributed by atoms with Crippen molar-refractivity contribution in [3.63, 3.8) is 0 Å². The van der Waals surface area contributed by atoms with E-state index in [1.807, 2.05) is 0 Å². The minimum absolute atomic E-state index is 0.0734. The number of hydrogen-bond acceptors (Lipinski definition) is 6. The van der Waals surface area contributed by atoms with Gasteiger partial charge in [0.25, 0.3) is 0 Å². The Morgan fingerprint density at radius 1 is 0.357 bits per heavy atom. The fraction of sp³-hybridized carbons (Fsp3) is 0.820. The molecular formula is C50H90O6. The molecule has 0 bridgehead atoms. The second kappa shape index (κ2) is 45.3. The highest BCUT2D eigenvalue weighted by Gasteiger charge is 2.19. The molecule has 0 aliphatic rings. The quantitative estimate of drug-likeness (QED) is 0.0265. The SMILES string of the molecule is CCCCC/C=C\C/C=C\C/C=C\CCCCCCCCC(=O)OC[C@@H](COC(=O)CCCCCCCCCCC)OC(=O)CCCCCCCCCCCC. The van der Waals surface area contributed by atoms with Crippen LogP contribution in [0.5, 0.6) is 0 Å². The van der Waals surface area contributed by atoms with Gasteiger partial charge < -0.3 is 14.2 Å². The highest BCUT2D eigenvalue weighted by atomic mass is 16.6. The van der Waals surface area contributed by atoms with Crippen LogP contribution < -0.4 is 0 Å². The molecule has 0 aromatic rings. The molecular weight excluding hydrogens is 697 g/mol. The number of hydrogen-bond donors (Lipinski definition) is 0. The summed E-state index contributed by atoms with van der Waals surface area (Å²) in [6.07, 6.45) is 51.3. The Hall–Kier alpha value is -2.37. The van der Waals surface area contributed by atoms with Gasteiger partial charge in [0.1, 0.15) is 13.2 Å². The van der Waals surface area contributed by atoms with Crippen molar-refractivity contribution in [1.82, 2.24) is 0 Å². The number of unbranched alkanes of at least 4 members (excludes halogenated alkanes) is 26. The third-order valence-corrected chi connectivity index (χ3v) is 10.4. The van der Waals surface area contributed by atoms with Crippen molar-refractivity contribution in [2.75, 3.05) is 13.2 Å². The van der Waals surface area contributed by atoms with Crippen molar-refractivity contribution < 1.29 is 28.6 Å². The lowest BCUT2D eigenvalue weighted by Crippen LogP contribution is -2.30. The zero-order chi connectivity index (χ0) is 40.8. The molecule has 0 rings (SSSR count). The molecule has 0 aromatic carbocycles. The Balaban J connectivity index is 4.29. The molecule has 1 atom stereocenters. The molecule has 0 amide bonds. The van der Waals surface area contributed by atoms with Crippen LogP contribution >= 0.6 is 0 Å². The van der Waals surface area contributed by atoms with Gasteiger partial charge in [0, 0.05) is 19.3 Å². The van der Waals surface area contributed by atoms with Crippen molar-refractivity contribution in [3.8, 4) is 0 Å². The van der Waals surface area contributed by atoms with Gasteiger partial charge in [-0.05, 0) is 57.8 Å². The van der Waals surface area contributed by atoms with Crippen LogP contribution in [0.15, 0.2) is 36.5 Å². The summed E-state index contributed by atoms with van der Waals surface area (Å²) in [5.74, 6) is -0.886. The van der Waals surface area contributed by atoms with Crippen LogP contribution in [-0.2, 0) is 28.6 Å². The topological polar surface area (TPSA) is 78.9 Å². The monoisotopic (exact) mass is 787 g/mol. The molecule has 0 spiro atoms. The van der Waals surface area contributed by atoms with Crippen molar-refractivity contribution >= 4 is 17.9 Å². The van der Waals surface area contributed by atoms with Gasteiger partial charge >= 0.3 is 17.9 Å². The molecule has 0 N–H and O–H groups in total. The molecule has 6 heteroatoms. The summed E-state index contributed by atoms with van der Waals surface area (Å²) in [6, 6.07) is 0. The summed E-state index contributed by atoms with van der Waals surface area (Å²) in [4.78, 5) is 37.7. The Morgan fingerprint density at radius 2 is 0.643 bits per heavy atom. The summed E-state index contributed by atoms with van der Waals surface area (Å²) in [6.45, 7) is 6.57. The van der Waals surface area contributed by atoms with Gasteiger partial charge in [-0.1, -0.05) is 205 Å². The maximum absolute atomic E-state index is 12.7. The highest BCUT2D eigenvalue weighted by Crippen LogP contribution is 2.14. The van der Waals surface area contributed by atoms with Crippen LogP contribution in [0.25, 0.3) is 0 Å². The van der Waals surface area contributed by atoms with E-state index in [4.69, 9.17) is 14.2 Å². The van der Waals surface area contributed by atoms with E-state index in [1.165, 1.54) is 128 Å². The number of rotatable bonds is 43. The fourth-order valence-corrected chi connectivity index (χ4v) is 6.74. The van der Waals surface area contributed by atoms with Gasteiger partial charge in [0.2, 0.25) is 0 Å². The van der Waals surface area contributed by atoms with E-state index in [0.717, 1.165) is 77.0 Å². The molecule has 0 aromatic heterocycles. The highest BCUT2D eigenvalue weighted by molar-refractivity contribution is 5.71. The molecule has 56 heavy (non-hydrogen) atoms. The third kappa shape index (κ3) is 42.8. The second-order valence-corrected chi connectivity index (χ2v) is 16.0. The van der Waals surface area contributed by atoms with Crippen LogP contribution in [0.2, 0.25) is 0 Å². The first-order chi connectivity index (χ1) is 27.5. The van der Waals surface area contributed by atoms with Gasteiger partial charge in [-0.25, -0.2) is 0 Å². The minimum atomic E-state index is -0.769. The lowest BCUT2D eigenvalue weighted by atomic mass is 10.1. The normalized spacial score (nSPS) is 12.3. The summed E-state index contributed by atoms with van der Waals surface area (Å²) >= 11 is 0. The van der Waals surface area contributed by atoms with Gasteiger partial charge in [-0.3, -0.25) is 14.4 Å². The molecule has 0 aliphatic carbocycles. The average molecular weight is 787 g/mol. The van der Waals surface area contributed by atoms with E-state index in [0.29, 0.717) is 19.3 Å². The molecule has 6 nitrogen and oxygen atoms in total. The number of ether oxygens (including phenoxy) is 3. The Morgan fingerprint density at radius 3 is 1.04 bits per heavy atom. The molecule has 0 aliphatic heterocycles. The van der Waals surface area contributed by atoms with Gasteiger partial charge in [0.05, 0.1) is 0 Å². The molecule has 0 unspecified atom stereocenters. The Labute approximate surface area is 346 Å². The molecule has 0 radical (unpaired) electrons. The van der Waals surface area contributed by atoms with Crippen LogP contribution in [-0.4, -0.2) is 37.2 Å². The van der Waals surface area contributed by atoms with Gasteiger partial charge in [-0.15, -0.1) is 0 Å². The molecule has 0 fully saturated rings. The fourth-order valence-electron chi connectivity index (χ4n) is 6.74. The first-order valence-corrected chi connectivity index (χ1v) is 24.0. The Kier molecular flexibility index (Phi) is 43.4. The largest absolute Gasteiger partial charge is 0.462 e. The number of allylic oxidation sites excluding steroid dienone is 6. The van der Waals surface area contributed by atoms with E-state index in [9.17, 15) is 14.4 Å². The third-order valence-electron chi connectivity index (χ3n) is 10.4. The smallest absolute Gasteiger partial charge is 0.306 e. The summed E-state index contributed by atoms with van der Waals surface area (Å²) in [5, 5.41) is 0. The van der Waals surface area contributed by atoms with Crippen molar-refractivity contribution in [2.45, 2.75) is 252 Å². The standard InChI is InChI=1S/C50H90O6/c1-4-7-10-13-16-19-21-22-23-24-25-26-27-28-29-32-34-37-40-43-49(52)55-46-47(45-54-48(51)42-39-36-33-30-18-15-12-9-6-3)56-50(53)44-41-38-35-31-20-17-14-11-8-5-2/h16,19,22-23,25-26,47H,4-15,17-18,20-21,24,27-46H2,1-3H3/b19-16-,23-22-,26-25-/t47-/m1/s1. The van der Waals surface area contributed by atoms with E-state index >= 15 is 0 Å². The lowest BCUT2D eigenvalue weighted by Gasteiger charge is -2.18. The predicted molar refractivity (Wildman–Crippen MR) is 238 cm³/mol. The van der Waals surface area contributed by atoms with E-state index in [-0.39, 0.29) is 31.1 Å². The van der Waals surface area contributed by atoms with Gasteiger partial charge in [0.15, 0.2) is 6.10 Å². The van der Waals surface area contributed by atoms with Crippen molar-refractivity contribution in [3.05, 3.63) is 36.5 Å². The lowest BCUT2D eigenvalue weighted by molar-refractivity contribution is -0.167. The van der Waals surface area contributed by atoms with Crippen LogP contribution in [0.3, 0.4) is 0 Å². The van der Waals surface area contributed by atoms with Crippen LogP contribution in [0.1, 0.15) is 245 Å². The maximum Gasteiger partial charge on any atom is 0.306 e. The van der Waals surface area contributed by atoms with Crippen LogP contribution in [0.4, 0.5) is 0 Å². The van der Waals surface area contributed by atoms with E-state index in [1.54, 1.807) is 0 Å². The van der Waals surface area contributed by atoms with Crippen LogP contribution in [0, 0.1) is 0 Å². The number of carbonyl (C=O) groups excluding carboxylic acids is 3. The summed E-state index contributed by atoms with van der Waals surface area (Å²) < 4.78 is 16.7. The van der Waals surface area contributed by atoms with E-state index < -0.39 is 6.10 Å². The predicted octanol–water partition coefficient (Wildman–Crippen LogP) is 15.4. The zero-order valence-electron chi connectivity index (χ0n) is 37.2. The van der Waals surface area contributed by atoms with E-state index in [2.05, 4.69) is 57.2 Å². The summed E-state index contributed by atoms with van der Waals surface area (Å²) in [5.41, 5.74) is 0. The molecule has 0 saturated carbocycles. The minimum Gasteiger partial charge on any atom is -0.462 e. The first kappa shape index (κ1) is 53.6. The number of carbonyl (C=O) groups is 3. The van der Waals surface area contributed by atoms with Crippen molar-refractivity contribution in [2.24, 2.45) is 0 Å². The van der Waals surface area contributed by atoms with Crippen molar-refractivity contribution in [1.29, 1.82) is 0 Å². The maximum atomic E-state index is 12.7. The average Bonchev–Trinajstić information content (AvgIpc) is 3.19. The number of esters is 3. The Bertz CT molecular complexity index is 953. The first-order valence-electron chi connectivity index (χ1n) is 24.0. The molecule has 0 saturated heterocycles. The molecule has 326 valence electrons. The summed E-state index contributed by atoms with van der Waals surface area (Å²) in [7, 11) is 0. The second-order valence-electron chi connectivity index (χ2n) is 16.0. The van der Waals surface area contributed by atoms with Gasteiger partial charge in [-0.2, -0.15) is 0 Å².